The highest BCUT2D eigenvalue weighted by Gasteiger charge is 2.20. The summed E-state index contributed by atoms with van der Waals surface area (Å²) in [5.74, 6) is 1.22. The van der Waals surface area contributed by atoms with Crippen LogP contribution in [0.25, 0.3) is 11.0 Å². The molecule has 2 aromatic heterocycles. The van der Waals surface area contributed by atoms with E-state index in [9.17, 15) is 4.39 Å². The normalized spacial score (nSPS) is 15.8. The van der Waals surface area contributed by atoms with Gasteiger partial charge in [0, 0.05) is 37.2 Å². The maximum atomic E-state index is 14.5. The molecule has 0 bridgehead atoms. The maximum Gasteiger partial charge on any atom is 0.213 e. The van der Waals surface area contributed by atoms with Crippen LogP contribution in [0.3, 0.4) is 0 Å². The average molecular weight is 509 g/mol. The molecule has 2 aliphatic rings. The number of ether oxygens (including phenoxy) is 2. The quantitative estimate of drug-likeness (QED) is 0.511. The summed E-state index contributed by atoms with van der Waals surface area (Å²) in [6, 6.07) is 10.6. The largest absolute Gasteiger partial charge is 0.493 e. The first kappa shape index (κ1) is 26.4. The number of pyridine rings is 2. The monoisotopic (exact) mass is 508 g/mol. The number of piperidine rings is 1. The number of fused-ring (bicyclic) bond motifs is 2. The van der Waals surface area contributed by atoms with Gasteiger partial charge in [0.15, 0.2) is 0 Å². The highest BCUT2D eigenvalue weighted by atomic mass is 35.5. The van der Waals surface area contributed by atoms with Crippen molar-refractivity contribution in [2.24, 2.45) is 0 Å². The fourth-order valence-corrected chi connectivity index (χ4v) is 4.67. The van der Waals surface area contributed by atoms with Crippen LogP contribution in [-0.4, -0.2) is 54.3 Å². The molecule has 0 amide bonds. The van der Waals surface area contributed by atoms with Gasteiger partial charge in [0.05, 0.1) is 30.9 Å². The lowest BCUT2D eigenvalue weighted by Crippen LogP contribution is -2.42. The van der Waals surface area contributed by atoms with E-state index in [2.05, 4.69) is 38.4 Å². The van der Waals surface area contributed by atoms with E-state index < -0.39 is 0 Å². The van der Waals surface area contributed by atoms with Crippen LogP contribution in [0.5, 0.6) is 11.6 Å². The van der Waals surface area contributed by atoms with Gasteiger partial charge in [0.1, 0.15) is 11.6 Å². The van der Waals surface area contributed by atoms with Crippen LogP contribution < -0.4 is 14.8 Å². The lowest BCUT2D eigenvalue weighted by molar-refractivity contribution is 0.199. The molecule has 2 aliphatic heterocycles. The Labute approximate surface area is 212 Å². The first-order valence-corrected chi connectivity index (χ1v) is 11.4. The van der Waals surface area contributed by atoms with Crippen LogP contribution >= 0.6 is 24.8 Å². The summed E-state index contributed by atoms with van der Waals surface area (Å²) in [4.78, 5) is 11.0. The Bertz CT molecular complexity index is 1110. The number of aromatic nitrogens is 2. The molecule has 184 valence electrons. The van der Waals surface area contributed by atoms with E-state index in [4.69, 9.17) is 9.47 Å². The van der Waals surface area contributed by atoms with Gasteiger partial charge < -0.3 is 19.7 Å². The molecule has 1 aromatic carbocycles. The molecule has 6 nitrogen and oxygen atoms in total. The predicted octanol–water partition coefficient (Wildman–Crippen LogP) is 4.35. The van der Waals surface area contributed by atoms with Crippen molar-refractivity contribution in [3.8, 4) is 11.6 Å². The van der Waals surface area contributed by atoms with Crippen LogP contribution in [0.15, 0.2) is 36.5 Å². The Balaban J connectivity index is 0.00000162. The van der Waals surface area contributed by atoms with Crippen molar-refractivity contribution in [2.75, 3.05) is 33.4 Å². The summed E-state index contributed by atoms with van der Waals surface area (Å²) in [5, 5.41) is 3.71. The Morgan fingerprint density at radius 1 is 1.18 bits per heavy atom. The molecular weight excluding hydrogens is 478 g/mol. The molecule has 5 rings (SSSR count). The van der Waals surface area contributed by atoms with Crippen LogP contribution in [0.1, 0.15) is 29.5 Å². The molecule has 34 heavy (non-hydrogen) atoms. The van der Waals surface area contributed by atoms with Crippen molar-refractivity contribution >= 4 is 35.8 Å². The number of rotatable bonds is 7. The van der Waals surface area contributed by atoms with E-state index in [0.717, 1.165) is 57.8 Å². The van der Waals surface area contributed by atoms with Gasteiger partial charge in [0.2, 0.25) is 5.88 Å². The number of hydrogen-bond acceptors (Lipinski definition) is 6. The van der Waals surface area contributed by atoms with Crippen molar-refractivity contribution in [2.45, 2.75) is 38.3 Å². The van der Waals surface area contributed by atoms with E-state index in [1.54, 1.807) is 13.2 Å². The van der Waals surface area contributed by atoms with Gasteiger partial charge in [-0.15, -0.1) is 24.8 Å². The topological polar surface area (TPSA) is 59.5 Å². The third kappa shape index (κ3) is 5.89. The molecular formula is C25H31Cl2FN4O2. The lowest BCUT2D eigenvalue weighted by Gasteiger charge is -2.32. The highest BCUT2D eigenvalue weighted by molar-refractivity contribution is 5.85. The van der Waals surface area contributed by atoms with Gasteiger partial charge in [-0.2, -0.15) is 0 Å². The Kier molecular flexibility index (Phi) is 9.31. The van der Waals surface area contributed by atoms with Crippen molar-refractivity contribution < 1.29 is 13.9 Å². The highest BCUT2D eigenvalue weighted by Crippen LogP contribution is 2.26. The van der Waals surface area contributed by atoms with Crippen molar-refractivity contribution in [1.82, 2.24) is 20.2 Å². The van der Waals surface area contributed by atoms with Gasteiger partial charge in [0.25, 0.3) is 0 Å². The standard InChI is InChI=1S/C25H29FN4O2.2ClH/c1-31-24-5-3-22-25(29-24)20(21(26)16-28-22)8-12-30-10-6-19(7-11-30)27-15-17-2-4-23-18(14-17)9-13-32-23;;/h2-5,14,16,19,27H,6-13,15H2,1H3;2*1H. The molecule has 0 aliphatic carbocycles. The van der Waals surface area contributed by atoms with E-state index >= 15 is 0 Å². The molecule has 0 atom stereocenters. The van der Waals surface area contributed by atoms with Gasteiger partial charge >= 0.3 is 0 Å². The van der Waals surface area contributed by atoms with Crippen molar-refractivity contribution in [3.05, 3.63) is 59.0 Å². The van der Waals surface area contributed by atoms with Crippen LogP contribution in [0, 0.1) is 5.82 Å². The van der Waals surface area contributed by atoms with E-state index in [0.29, 0.717) is 34.9 Å². The van der Waals surface area contributed by atoms with Gasteiger partial charge in [-0.1, -0.05) is 12.1 Å². The Morgan fingerprint density at radius 2 is 2.00 bits per heavy atom. The minimum atomic E-state index is -0.297. The summed E-state index contributed by atoms with van der Waals surface area (Å²) in [6.45, 7) is 4.52. The zero-order valence-electron chi connectivity index (χ0n) is 19.3. The van der Waals surface area contributed by atoms with E-state index in [-0.39, 0.29) is 30.6 Å². The van der Waals surface area contributed by atoms with Crippen LogP contribution in [-0.2, 0) is 19.4 Å². The molecule has 1 N–H and O–H groups in total. The summed E-state index contributed by atoms with van der Waals surface area (Å²) < 4.78 is 25.3. The molecule has 9 heteroatoms. The van der Waals surface area contributed by atoms with E-state index in [1.807, 2.05) is 6.07 Å². The second kappa shape index (κ2) is 12.0. The van der Waals surface area contributed by atoms with E-state index in [1.165, 1.54) is 17.3 Å². The molecule has 0 unspecified atom stereocenters. The predicted molar refractivity (Wildman–Crippen MR) is 136 cm³/mol. The number of methoxy groups -OCH3 is 1. The number of likely N-dealkylation sites (tertiary alicyclic amines) is 1. The molecule has 3 aromatic rings. The minimum absolute atomic E-state index is 0. The smallest absolute Gasteiger partial charge is 0.213 e. The average Bonchev–Trinajstić information content (AvgIpc) is 3.30. The molecule has 0 saturated carbocycles. The summed E-state index contributed by atoms with van der Waals surface area (Å²) in [5.41, 5.74) is 4.56. The summed E-state index contributed by atoms with van der Waals surface area (Å²) in [7, 11) is 1.57. The molecule has 4 heterocycles. The number of nitrogens with one attached hydrogen (secondary N) is 1. The number of halogens is 3. The van der Waals surface area contributed by atoms with Gasteiger partial charge in [-0.3, -0.25) is 4.98 Å². The Hall–Kier alpha value is -2.19. The molecule has 1 saturated heterocycles. The number of benzene rings is 1. The van der Waals surface area contributed by atoms with Crippen LogP contribution in [0.2, 0.25) is 0 Å². The molecule has 0 spiro atoms. The first-order valence-electron chi connectivity index (χ1n) is 11.4. The van der Waals surface area contributed by atoms with Crippen molar-refractivity contribution in [3.63, 3.8) is 0 Å². The van der Waals surface area contributed by atoms with Crippen LogP contribution in [0.4, 0.5) is 4.39 Å². The van der Waals surface area contributed by atoms with Gasteiger partial charge in [-0.25, -0.2) is 9.37 Å². The second-order valence-corrected chi connectivity index (χ2v) is 8.59. The third-order valence-corrected chi connectivity index (χ3v) is 6.56. The molecule has 1 fully saturated rings. The second-order valence-electron chi connectivity index (χ2n) is 8.59. The number of nitrogens with zero attached hydrogens (tertiary/aromatic N) is 3. The first-order chi connectivity index (χ1) is 15.7. The maximum absolute atomic E-state index is 14.5. The van der Waals surface area contributed by atoms with Gasteiger partial charge in [-0.05, 0) is 55.6 Å². The minimum Gasteiger partial charge on any atom is -0.493 e. The lowest BCUT2D eigenvalue weighted by atomic mass is 10.0. The fourth-order valence-electron chi connectivity index (χ4n) is 4.67. The Morgan fingerprint density at radius 3 is 2.79 bits per heavy atom. The third-order valence-electron chi connectivity index (χ3n) is 6.56. The summed E-state index contributed by atoms with van der Waals surface area (Å²) in [6.07, 6.45) is 5.12. The zero-order chi connectivity index (χ0) is 21.9. The SMILES string of the molecule is COc1ccc2ncc(F)c(CCN3CCC(NCc4ccc5c(c4)CCO5)CC3)c2n1.Cl.Cl. The summed E-state index contributed by atoms with van der Waals surface area (Å²) >= 11 is 0. The fraction of sp³-hybridized carbons (Fsp3) is 0.440. The van der Waals surface area contributed by atoms with Crippen molar-refractivity contribution in [1.29, 1.82) is 0 Å². The zero-order valence-corrected chi connectivity index (χ0v) is 20.9. The number of hydrogen-bond donors (Lipinski definition) is 1. The molecule has 0 radical (unpaired) electrons.